The monoisotopic (exact) mass is 274 g/mol. The second-order valence-corrected chi connectivity index (χ2v) is 3.50. The number of benzene rings is 1. The highest BCUT2D eigenvalue weighted by atomic mass is 79.9. The van der Waals surface area contributed by atoms with Crippen LogP contribution in [0.3, 0.4) is 0 Å². The molecule has 82 valence electrons. The van der Waals surface area contributed by atoms with Gasteiger partial charge in [0.1, 0.15) is 11.3 Å². The summed E-state index contributed by atoms with van der Waals surface area (Å²) in [4.78, 5) is 11.5. The quantitative estimate of drug-likeness (QED) is 0.794. The summed E-state index contributed by atoms with van der Waals surface area (Å²) in [5, 5.41) is 0. The molecule has 0 amide bonds. The first-order valence-corrected chi connectivity index (χ1v) is 4.93. The first-order valence-electron chi connectivity index (χ1n) is 4.14. The molecular weight excluding hydrogens is 264 g/mol. The molecule has 1 aromatic rings. The molecule has 5 heteroatoms. The molecule has 1 aromatic carbocycles. The Balaban J connectivity index is 3.40. The van der Waals surface area contributed by atoms with Crippen LogP contribution in [0, 0.1) is 0 Å². The van der Waals surface area contributed by atoms with Gasteiger partial charge in [-0.1, -0.05) is 0 Å². The van der Waals surface area contributed by atoms with Crippen molar-refractivity contribution < 1.29 is 19.0 Å². The molecule has 0 spiro atoms. The van der Waals surface area contributed by atoms with Crippen LogP contribution in [0.5, 0.6) is 11.5 Å². The van der Waals surface area contributed by atoms with Crippen LogP contribution in [0.25, 0.3) is 0 Å². The topological polar surface area (TPSA) is 44.8 Å². The molecule has 0 radical (unpaired) electrons. The first kappa shape index (κ1) is 11.8. The molecule has 0 fully saturated rings. The largest absolute Gasteiger partial charge is 0.496 e. The summed E-state index contributed by atoms with van der Waals surface area (Å²) in [7, 11) is 4.27. The van der Waals surface area contributed by atoms with Crippen LogP contribution in [-0.2, 0) is 4.74 Å². The van der Waals surface area contributed by atoms with E-state index in [0.29, 0.717) is 16.0 Å². The van der Waals surface area contributed by atoms with Crippen LogP contribution in [-0.4, -0.2) is 27.3 Å². The Morgan fingerprint density at radius 3 is 2.33 bits per heavy atom. The predicted molar refractivity (Wildman–Crippen MR) is 58.6 cm³/mol. The number of halogens is 1. The van der Waals surface area contributed by atoms with Crippen molar-refractivity contribution in [2.45, 2.75) is 0 Å². The van der Waals surface area contributed by atoms with Crippen LogP contribution in [0.1, 0.15) is 10.4 Å². The van der Waals surface area contributed by atoms with Gasteiger partial charge in [0.2, 0.25) is 0 Å². The molecule has 15 heavy (non-hydrogen) atoms. The van der Waals surface area contributed by atoms with E-state index in [1.165, 1.54) is 21.3 Å². The third-order valence-electron chi connectivity index (χ3n) is 1.88. The van der Waals surface area contributed by atoms with Gasteiger partial charge in [0.25, 0.3) is 0 Å². The highest BCUT2D eigenvalue weighted by Crippen LogP contribution is 2.35. The van der Waals surface area contributed by atoms with Crippen LogP contribution in [0.2, 0.25) is 0 Å². The fourth-order valence-electron chi connectivity index (χ4n) is 1.20. The highest BCUT2D eigenvalue weighted by Gasteiger charge is 2.21. The summed E-state index contributed by atoms with van der Waals surface area (Å²) < 4.78 is 15.5. The lowest BCUT2D eigenvalue weighted by molar-refractivity contribution is 0.0593. The zero-order chi connectivity index (χ0) is 11.4. The van der Waals surface area contributed by atoms with Gasteiger partial charge in [0.15, 0.2) is 5.75 Å². The van der Waals surface area contributed by atoms with E-state index in [2.05, 4.69) is 20.7 Å². The van der Waals surface area contributed by atoms with Crippen molar-refractivity contribution in [3.8, 4) is 11.5 Å². The Labute approximate surface area is 96.3 Å². The molecule has 0 N–H and O–H groups in total. The molecule has 0 unspecified atom stereocenters. The zero-order valence-electron chi connectivity index (χ0n) is 8.67. The molecular formula is C10H11BrO4. The minimum Gasteiger partial charge on any atom is -0.496 e. The number of hydrogen-bond acceptors (Lipinski definition) is 4. The summed E-state index contributed by atoms with van der Waals surface area (Å²) in [5.41, 5.74) is 0.275. The lowest BCUT2D eigenvalue weighted by atomic mass is 10.2. The number of esters is 1. The molecule has 1 rings (SSSR count). The summed E-state index contributed by atoms with van der Waals surface area (Å²) in [6.45, 7) is 0. The van der Waals surface area contributed by atoms with Gasteiger partial charge in [-0.3, -0.25) is 0 Å². The van der Waals surface area contributed by atoms with Gasteiger partial charge < -0.3 is 14.2 Å². The second-order valence-electron chi connectivity index (χ2n) is 2.65. The van der Waals surface area contributed by atoms with Crippen LogP contribution < -0.4 is 9.47 Å². The van der Waals surface area contributed by atoms with Crippen molar-refractivity contribution in [2.75, 3.05) is 21.3 Å². The van der Waals surface area contributed by atoms with Crippen molar-refractivity contribution in [2.24, 2.45) is 0 Å². The van der Waals surface area contributed by atoms with Crippen LogP contribution in [0.15, 0.2) is 16.6 Å². The molecule has 0 aromatic heterocycles. The standard InChI is InChI=1S/C10H11BrO4/c1-13-7-5-4-6(11)9(14-2)8(7)10(12)15-3/h4-5H,1-3H3. The third-order valence-corrected chi connectivity index (χ3v) is 2.51. The first-order chi connectivity index (χ1) is 7.15. The lowest BCUT2D eigenvalue weighted by Gasteiger charge is -2.12. The van der Waals surface area contributed by atoms with Crippen LogP contribution >= 0.6 is 15.9 Å². The maximum absolute atomic E-state index is 11.5. The molecule has 0 heterocycles. The summed E-state index contributed by atoms with van der Waals surface area (Å²) in [6.07, 6.45) is 0. The van der Waals surface area contributed by atoms with Gasteiger partial charge in [-0.2, -0.15) is 0 Å². The molecule has 0 aliphatic heterocycles. The molecule has 0 aliphatic rings. The van der Waals surface area contributed by atoms with E-state index in [1.54, 1.807) is 12.1 Å². The molecule has 0 saturated carbocycles. The maximum atomic E-state index is 11.5. The fraction of sp³-hybridized carbons (Fsp3) is 0.300. The Kier molecular flexibility index (Phi) is 3.96. The number of rotatable bonds is 3. The van der Waals surface area contributed by atoms with Crippen molar-refractivity contribution in [1.82, 2.24) is 0 Å². The van der Waals surface area contributed by atoms with Gasteiger partial charge in [-0.05, 0) is 28.1 Å². The van der Waals surface area contributed by atoms with E-state index in [4.69, 9.17) is 9.47 Å². The lowest BCUT2D eigenvalue weighted by Crippen LogP contribution is -2.07. The fourth-order valence-corrected chi connectivity index (χ4v) is 1.70. The SMILES string of the molecule is COC(=O)c1c(OC)ccc(Br)c1OC. The van der Waals surface area contributed by atoms with E-state index in [-0.39, 0.29) is 5.56 Å². The summed E-state index contributed by atoms with van der Waals surface area (Å²) in [6, 6.07) is 3.41. The van der Waals surface area contributed by atoms with Crippen molar-refractivity contribution in [3.05, 3.63) is 22.2 Å². The van der Waals surface area contributed by atoms with Gasteiger partial charge in [0.05, 0.1) is 25.8 Å². The molecule has 0 saturated heterocycles. The third kappa shape index (κ3) is 2.23. The van der Waals surface area contributed by atoms with Crippen molar-refractivity contribution in [3.63, 3.8) is 0 Å². The van der Waals surface area contributed by atoms with Crippen molar-refractivity contribution in [1.29, 1.82) is 0 Å². The van der Waals surface area contributed by atoms with E-state index in [1.807, 2.05) is 0 Å². The Bertz CT molecular complexity index is 376. The van der Waals surface area contributed by atoms with Crippen molar-refractivity contribution >= 4 is 21.9 Å². The number of carbonyl (C=O) groups excluding carboxylic acids is 1. The average Bonchev–Trinajstić information content (AvgIpc) is 2.27. The number of carbonyl (C=O) groups is 1. The van der Waals surface area contributed by atoms with Gasteiger partial charge >= 0.3 is 5.97 Å². The maximum Gasteiger partial charge on any atom is 0.345 e. The summed E-state index contributed by atoms with van der Waals surface area (Å²) >= 11 is 3.28. The van der Waals surface area contributed by atoms with E-state index in [9.17, 15) is 4.79 Å². The van der Waals surface area contributed by atoms with Gasteiger partial charge in [-0.25, -0.2) is 4.79 Å². The molecule has 0 bridgehead atoms. The number of hydrogen-bond donors (Lipinski definition) is 0. The van der Waals surface area contributed by atoms with E-state index in [0.717, 1.165) is 0 Å². The second kappa shape index (κ2) is 5.02. The van der Waals surface area contributed by atoms with Crippen LogP contribution in [0.4, 0.5) is 0 Å². The highest BCUT2D eigenvalue weighted by molar-refractivity contribution is 9.10. The zero-order valence-corrected chi connectivity index (χ0v) is 10.3. The normalized spacial score (nSPS) is 9.60. The molecule has 0 aliphatic carbocycles. The number of ether oxygens (including phenoxy) is 3. The van der Waals surface area contributed by atoms with E-state index < -0.39 is 5.97 Å². The Morgan fingerprint density at radius 2 is 1.87 bits per heavy atom. The Hall–Kier alpha value is -1.23. The molecule has 4 nitrogen and oxygen atoms in total. The molecule has 0 atom stereocenters. The van der Waals surface area contributed by atoms with E-state index >= 15 is 0 Å². The summed E-state index contributed by atoms with van der Waals surface area (Å²) in [5.74, 6) is 0.327. The minimum absolute atomic E-state index is 0.275. The smallest absolute Gasteiger partial charge is 0.345 e. The Morgan fingerprint density at radius 1 is 1.20 bits per heavy atom. The average molecular weight is 275 g/mol. The van der Waals surface area contributed by atoms with Gasteiger partial charge in [-0.15, -0.1) is 0 Å². The number of methoxy groups -OCH3 is 3. The predicted octanol–water partition coefficient (Wildman–Crippen LogP) is 2.25. The van der Waals surface area contributed by atoms with Gasteiger partial charge in [0, 0.05) is 0 Å². The minimum atomic E-state index is -0.495.